The zero-order chi connectivity index (χ0) is 19.4. The maximum Gasteiger partial charge on any atom is 0.266 e. The van der Waals surface area contributed by atoms with Gasteiger partial charge in [0.15, 0.2) is 5.16 Å². The van der Waals surface area contributed by atoms with Gasteiger partial charge in [0.05, 0.1) is 22.3 Å². The van der Waals surface area contributed by atoms with Crippen LogP contribution in [0.1, 0.15) is 31.7 Å². The van der Waals surface area contributed by atoms with Gasteiger partial charge in [0.2, 0.25) is 5.91 Å². The van der Waals surface area contributed by atoms with Crippen LogP contribution in [0, 0.1) is 0 Å². The maximum atomic E-state index is 13.1. The van der Waals surface area contributed by atoms with Gasteiger partial charge in [-0.3, -0.25) is 14.2 Å². The zero-order valence-corrected chi connectivity index (χ0v) is 16.5. The molecule has 0 saturated carbocycles. The first kappa shape index (κ1) is 19.2. The number of carbonyl (C=O) groups excluding carboxylic acids is 1. The fourth-order valence-corrected chi connectivity index (χ4v) is 3.71. The third-order valence-corrected chi connectivity index (χ3v) is 5.63. The molecular formula is C21H23N3O2S. The Balaban J connectivity index is 2.12. The van der Waals surface area contributed by atoms with Crippen molar-refractivity contribution in [3.05, 3.63) is 64.4 Å². The molecule has 0 unspecified atom stereocenters. The normalized spacial score (nSPS) is 12.1. The molecule has 0 bridgehead atoms. The van der Waals surface area contributed by atoms with E-state index in [2.05, 4.69) is 36.3 Å². The predicted molar refractivity (Wildman–Crippen MR) is 111 cm³/mol. The average Bonchev–Trinajstić information content (AvgIpc) is 2.71. The second-order valence-corrected chi connectivity index (χ2v) is 7.36. The van der Waals surface area contributed by atoms with E-state index in [4.69, 9.17) is 0 Å². The van der Waals surface area contributed by atoms with Crippen LogP contribution in [0.3, 0.4) is 0 Å². The number of nitrogens with one attached hydrogen (secondary N) is 1. The molecule has 0 fully saturated rings. The zero-order valence-electron chi connectivity index (χ0n) is 15.7. The van der Waals surface area contributed by atoms with Crippen molar-refractivity contribution in [2.24, 2.45) is 0 Å². The van der Waals surface area contributed by atoms with Crippen molar-refractivity contribution in [1.29, 1.82) is 0 Å². The molecule has 6 heteroatoms. The van der Waals surface area contributed by atoms with Crippen molar-refractivity contribution in [3.8, 4) is 5.69 Å². The van der Waals surface area contributed by atoms with Crippen molar-refractivity contribution in [2.75, 3.05) is 12.8 Å². The number of hydrogen-bond acceptors (Lipinski definition) is 4. The van der Waals surface area contributed by atoms with E-state index >= 15 is 0 Å². The molecule has 1 aromatic heterocycles. The van der Waals surface area contributed by atoms with E-state index in [1.165, 1.54) is 17.3 Å². The molecular weight excluding hydrogens is 358 g/mol. The third kappa shape index (κ3) is 4.06. The first-order valence-electron chi connectivity index (χ1n) is 9.00. The van der Waals surface area contributed by atoms with Crippen LogP contribution < -0.4 is 10.9 Å². The van der Waals surface area contributed by atoms with Crippen LogP contribution in [0.4, 0.5) is 0 Å². The molecule has 5 nitrogen and oxygen atoms in total. The Hall–Kier alpha value is -2.60. The summed E-state index contributed by atoms with van der Waals surface area (Å²) in [6.45, 7) is 4.34. The molecule has 3 aromatic rings. The van der Waals surface area contributed by atoms with Gasteiger partial charge < -0.3 is 5.32 Å². The highest BCUT2D eigenvalue weighted by atomic mass is 32.2. The van der Waals surface area contributed by atoms with E-state index in [9.17, 15) is 9.59 Å². The van der Waals surface area contributed by atoms with Crippen molar-refractivity contribution in [2.45, 2.75) is 31.3 Å². The minimum absolute atomic E-state index is 0.110. The summed E-state index contributed by atoms with van der Waals surface area (Å²) in [4.78, 5) is 29.5. The number of amides is 1. The van der Waals surface area contributed by atoms with Crippen LogP contribution in [0.15, 0.2) is 58.5 Å². The summed E-state index contributed by atoms with van der Waals surface area (Å²) in [5, 5.41) is 3.67. The molecule has 0 aliphatic rings. The summed E-state index contributed by atoms with van der Waals surface area (Å²) >= 11 is 1.26. The minimum Gasteiger partial charge on any atom is -0.358 e. The monoisotopic (exact) mass is 381 g/mol. The number of carbonyl (C=O) groups is 1. The SMILES string of the molecule is CC[C@H](C)c1ccc(-n2c(SCC(=O)NC)nc3ccccc3c2=O)cc1. The molecule has 27 heavy (non-hydrogen) atoms. The van der Waals surface area contributed by atoms with Crippen LogP contribution >= 0.6 is 11.8 Å². The molecule has 140 valence electrons. The Bertz CT molecular complexity index is 1010. The molecule has 1 heterocycles. The highest BCUT2D eigenvalue weighted by Gasteiger charge is 2.15. The van der Waals surface area contributed by atoms with Gasteiger partial charge in [0, 0.05) is 7.05 Å². The van der Waals surface area contributed by atoms with Crippen molar-refractivity contribution in [3.63, 3.8) is 0 Å². The topological polar surface area (TPSA) is 64.0 Å². The molecule has 0 spiro atoms. The lowest BCUT2D eigenvalue weighted by Gasteiger charge is -2.14. The molecule has 3 rings (SSSR count). The van der Waals surface area contributed by atoms with Crippen molar-refractivity contribution < 1.29 is 4.79 Å². The van der Waals surface area contributed by atoms with Gasteiger partial charge in [-0.2, -0.15) is 0 Å². The third-order valence-electron chi connectivity index (χ3n) is 4.69. The Morgan fingerprint density at radius 3 is 2.56 bits per heavy atom. The predicted octanol–water partition coefficient (Wildman–Crippen LogP) is 3.74. The van der Waals surface area contributed by atoms with E-state index in [1.54, 1.807) is 17.7 Å². The second kappa shape index (κ2) is 8.39. The van der Waals surface area contributed by atoms with Gasteiger partial charge in [-0.15, -0.1) is 0 Å². The van der Waals surface area contributed by atoms with Crippen LogP contribution in [0.5, 0.6) is 0 Å². The molecule has 1 atom stereocenters. The van der Waals surface area contributed by atoms with Gasteiger partial charge in [0.25, 0.3) is 5.56 Å². The second-order valence-electron chi connectivity index (χ2n) is 6.41. The van der Waals surface area contributed by atoms with Crippen LogP contribution in [-0.4, -0.2) is 28.3 Å². The summed E-state index contributed by atoms with van der Waals surface area (Å²) in [5.74, 6) is 0.556. The van der Waals surface area contributed by atoms with Gasteiger partial charge in [0.1, 0.15) is 0 Å². The van der Waals surface area contributed by atoms with E-state index in [1.807, 2.05) is 30.3 Å². The van der Waals surface area contributed by atoms with E-state index in [-0.39, 0.29) is 17.2 Å². The molecule has 1 amide bonds. The maximum absolute atomic E-state index is 13.1. The van der Waals surface area contributed by atoms with Gasteiger partial charge in [-0.25, -0.2) is 4.98 Å². The van der Waals surface area contributed by atoms with Crippen LogP contribution in [-0.2, 0) is 4.79 Å². The van der Waals surface area contributed by atoms with E-state index in [0.717, 1.165) is 12.1 Å². The molecule has 0 saturated heterocycles. The summed E-state index contributed by atoms with van der Waals surface area (Å²) in [6, 6.07) is 15.3. The summed E-state index contributed by atoms with van der Waals surface area (Å²) in [6.07, 6.45) is 1.06. The number of thioether (sulfide) groups is 1. The number of aromatic nitrogens is 2. The Kier molecular flexibility index (Phi) is 5.96. The largest absolute Gasteiger partial charge is 0.358 e. The number of fused-ring (bicyclic) bond motifs is 1. The molecule has 0 radical (unpaired) electrons. The van der Waals surface area contributed by atoms with Crippen molar-refractivity contribution >= 4 is 28.6 Å². The summed E-state index contributed by atoms with van der Waals surface area (Å²) < 4.78 is 1.59. The lowest BCUT2D eigenvalue weighted by Crippen LogP contribution is -2.24. The standard InChI is InChI=1S/C21H23N3O2S/c1-4-14(2)15-9-11-16(12-10-15)24-20(26)17-7-5-6-8-18(17)23-21(24)27-13-19(25)22-3/h5-12,14H,4,13H2,1-3H3,(H,22,25)/t14-/m0/s1. The van der Waals surface area contributed by atoms with Gasteiger partial charge in [-0.1, -0.05) is 49.9 Å². The molecule has 0 aliphatic carbocycles. The van der Waals surface area contributed by atoms with E-state index in [0.29, 0.717) is 22.0 Å². The number of rotatable bonds is 6. The smallest absolute Gasteiger partial charge is 0.266 e. The average molecular weight is 382 g/mol. The van der Waals surface area contributed by atoms with Crippen LogP contribution in [0.2, 0.25) is 0 Å². The van der Waals surface area contributed by atoms with Gasteiger partial charge >= 0.3 is 0 Å². The minimum atomic E-state index is -0.128. The number of hydrogen-bond donors (Lipinski definition) is 1. The number of para-hydroxylation sites is 1. The Morgan fingerprint density at radius 1 is 1.19 bits per heavy atom. The van der Waals surface area contributed by atoms with E-state index < -0.39 is 0 Å². The Morgan fingerprint density at radius 2 is 1.89 bits per heavy atom. The first-order valence-corrected chi connectivity index (χ1v) is 9.99. The highest BCUT2D eigenvalue weighted by molar-refractivity contribution is 7.99. The summed E-state index contributed by atoms with van der Waals surface area (Å²) in [7, 11) is 1.59. The fraction of sp³-hybridized carbons (Fsp3) is 0.286. The fourth-order valence-electron chi connectivity index (χ4n) is 2.83. The number of nitrogens with zero attached hydrogens (tertiary/aromatic N) is 2. The number of benzene rings is 2. The lowest BCUT2D eigenvalue weighted by atomic mass is 9.98. The molecule has 2 aromatic carbocycles. The molecule has 1 N–H and O–H groups in total. The highest BCUT2D eigenvalue weighted by Crippen LogP contribution is 2.24. The lowest BCUT2D eigenvalue weighted by molar-refractivity contribution is -0.118. The van der Waals surface area contributed by atoms with Crippen LogP contribution in [0.25, 0.3) is 16.6 Å². The van der Waals surface area contributed by atoms with Crippen molar-refractivity contribution in [1.82, 2.24) is 14.9 Å². The molecule has 0 aliphatic heterocycles. The first-order chi connectivity index (χ1) is 13.0. The Labute approximate surface area is 162 Å². The quantitative estimate of drug-likeness (QED) is 0.522. The summed E-state index contributed by atoms with van der Waals surface area (Å²) in [5.41, 5.74) is 2.50. The van der Waals surface area contributed by atoms with Gasteiger partial charge in [-0.05, 0) is 42.2 Å².